The summed E-state index contributed by atoms with van der Waals surface area (Å²) in [4.78, 5) is 14.3. The zero-order valence-electron chi connectivity index (χ0n) is 13.3. The molecule has 0 aliphatic carbocycles. The smallest absolute Gasteiger partial charge is 0.242 e. The summed E-state index contributed by atoms with van der Waals surface area (Å²) in [5, 5.41) is 10.0. The van der Waals surface area contributed by atoms with Crippen molar-refractivity contribution in [3.63, 3.8) is 0 Å². The van der Waals surface area contributed by atoms with E-state index in [1.165, 1.54) is 0 Å². The van der Waals surface area contributed by atoms with Gasteiger partial charge in [0.05, 0.1) is 5.69 Å². The molecule has 1 fully saturated rings. The van der Waals surface area contributed by atoms with E-state index in [1.807, 2.05) is 29.2 Å². The molecule has 0 saturated carbocycles. The van der Waals surface area contributed by atoms with Gasteiger partial charge >= 0.3 is 0 Å². The summed E-state index contributed by atoms with van der Waals surface area (Å²) in [5.74, 6) is 0.0388. The average Bonchev–Trinajstić information content (AvgIpc) is 3.20. The molecule has 24 heavy (non-hydrogen) atoms. The van der Waals surface area contributed by atoms with Gasteiger partial charge in [0.1, 0.15) is 18.3 Å². The van der Waals surface area contributed by atoms with Crippen LogP contribution in [-0.4, -0.2) is 28.5 Å². The van der Waals surface area contributed by atoms with Crippen LogP contribution in [0.15, 0.2) is 30.3 Å². The number of nitrogens with two attached hydrogens (primary N) is 1. The van der Waals surface area contributed by atoms with Crippen molar-refractivity contribution in [2.75, 3.05) is 18.8 Å². The van der Waals surface area contributed by atoms with Crippen molar-refractivity contribution in [3.8, 4) is 6.07 Å². The number of nitrogens with zero attached hydrogens (tertiary/aromatic N) is 3. The van der Waals surface area contributed by atoms with E-state index in [1.54, 1.807) is 10.6 Å². The predicted octanol–water partition coefficient (Wildman–Crippen LogP) is 2.81. The van der Waals surface area contributed by atoms with Crippen LogP contribution < -0.4 is 5.73 Å². The Labute approximate surface area is 146 Å². The number of halogens is 1. The lowest BCUT2D eigenvalue weighted by Crippen LogP contribution is -2.31. The molecule has 3 rings (SSSR count). The molecule has 1 aliphatic heterocycles. The Morgan fingerprint density at radius 2 is 1.92 bits per heavy atom. The number of aromatic nitrogens is 1. The lowest BCUT2D eigenvalue weighted by atomic mass is 10.1. The molecule has 1 amide bonds. The fourth-order valence-corrected chi connectivity index (χ4v) is 3.20. The maximum atomic E-state index is 12.5. The highest BCUT2D eigenvalue weighted by Crippen LogP contribution is 2.23. The van der Waals surface area contributed by atoms with E-state index >= 15 is 0 Å². The number of hydrogen-bond acceptors (Lipinski definition) is 3. The summed E-state index contributed by atoms with van der Waals surface area (Å²) in [6, 6.07) is 11.3. The van der Waals surface area contributed by atoms with Gasteiger partial charge in [-0.05, 0) is 36.6 Å². The zero-order valence-corrected chi connectivity index (χ0v) is 14.1. The molecule has 0 spiro atoms. The van der Waals surface area contributed by atoms with E-state index in [0.29, 0.717) is 22.8 Å². The molecule has 2 heterocycles. The van der Waals surface area contributed by atoms with Gasteiger partial charge in [0, 0.05) is 30.2 Å². The highest BCUT2D eigenvalue weighted by Gasteiger charge is 2.21. The van der Waals surface area contributed by atoms with Crippen LogP contribution in [-0.2, 0) is 17.8 Å². The summed E-state index contributed by atoms with van der Waals surface area (Å²) in [6.45, 7) is 1.75. The molecular formula is C18H19ClN4O. The molecule has 1 saturated heterocycles. The molecule has 2 N–H and O–H groups in total. The first kappa shape index (κ1) is 16.4. The third-order valence-electron chi connectivity index (χ3n) is 4.39. The third kappa shape index (κ3) is 3.39. The minimum atomic E-state index is 0.0388. The van der Waals surface area contributed by atoms with Gasteiger partial charge in [0.15, 0.2) is 0 Å². The molecule has 2 aromatic rings. The van der Waals surface area contributed by atoms with Gasteiger partial charge in [-0.3, -0.25) is 4.79 Å². The summed E-state index contributed by atoms with van der Waals surface area (Å²) in [6.07, 6.45) is 2.64. The van der Waals surface area contributed by atoms with Crippen LogP contribution in [0.1, 0.15) is 29.8 Å². The summed E-state index contributed by atoms with van der Waals surface area (Å²) in [7, 11) is 0. The molecule has 0 atom stereocenters. The first-order valence-corrected chi connectivity index (χ1v) is 8.36. The summed E-state index contributed by atoms with van der Waals surface area (Å²) in [5.41, 5.74) is 8.88. The minimum Gasteiger partial charge on any atom is -0.397 e. The number of anilines is 1. The number of benzene rings is 1. The molecule has 1 aromatic carbocycles. The number of nitriles is 1. The lowest BCUT2D eigenvalue weighted by molar-refractivity contribution is -0.130. The molecule has 0 radical (unpaired) electrons. The molecule has 5 nitrogen and oxygen atoms in total. The van der Waals surface area contributed by atoms with Gasteiger partial charge in [-0.2, -0.15) is 5.26 Å². The number of nitrogen functional groups attached to an aromatic ring is 1. The molecule has 1 aromatic heterocycles. The molecular weight excluding hydrogens is 324 g/mol. The van der Waals surface area contributed by atoms with Crippen molar-refractivity contribution in [2.24, 2.45) is 0 Å². The van der Waals surface area contributed by atoms with Crippen LogP contribution in [0.2, 0.25) is 5.02 Å². The second-order valence-electron chi connectivity index (χ2n) is 6.02. The van der Waals surface area contributed by atoms with Crippen molar-refractivity contribution >= 4 is 23.2 Å². The van der Waals surface area contributed by atoms with E-state index in [4.69, 9.17) is 17.3 Å². The van der Waals surface area contributed by atoms with Gasteiger partial charge in [0.2, 0.25) is 5.91 Å². The van der Waals surface area contributed by atoms with Crippen LogP contribution in [0.25, 0.3) is 0 Å². The Morgan fingerprint density at radius 3 is 2.54 bits per heavy atom. The second-order valence-corrected chi connectivity index (χ2v) is 6.46. The first-order valence-electron chi connectivity index (χ1n) is 7.98. The standard InChI is InChI=1S/C18H19ClN4O/c19-14-5-3-13(4-6-14)9-17-16(21)10-15(11-20)23(17)12-18(24)22-7-1-2-8-22/h3-6,10H,1-2,7-9,12,21H2. The largest absolute Gasteiger partial charge is 0.397 e. The Hall–Kier alpha value is -2.45. The van der Waals surface area contributed by atoms with Crippen molar-refractivity contribution < 1.29 is 4.79 Å². The van der Waals surface area contributed by atoms with Crippen LogP contribution >= 0.6 is 11.6 Å². The SMILES string of the molecule is N#Cc1cc(N)c(Cc2ccc(Cl)cc2)n1CC(=O)N1CCCC1. The number of hydrogen-bond donors (Lipinski definition) is 1. The van der Waals surface area contributed by atoms with Crippen molar-refractivity contribution in [1.82, 2.24) is 9.47 Å². The number of rotatable bonds is 4. The summed E-state index contributed by atoms with van der Waals surface area (Å²) >= 11 is 5.92. The highest BCUT2D eigenvalue weighted by atomic mass is 35.5. The maximum absolute atomic E-state index is 12.5. The van der Waals surface area contributed by atoms with E-state index in [0.717, 1.165) is 37.2 Å². The number of amides is 1. The first-order chi connectivity index (χ1) is 11.6. The van der Waals surface area contributed by atoms with Gasteiger partial charge in [0.25, 0.3) is 0 Å². The zero-order chi connectivity index (χ0) is 17.1. The fraction of sp³-hybridized carbons (Fsp3) is 0.333. The highest BCUT2D eigenvalue weighted by molar-refractivity contribution is 6.30. The Morgan fingerprint density at radius 1 is 1.25 bits per heavy atom. The van der Waals surface area contributed by atoms with Crippen LogP contribution in [0.3, 0.4) is 0 Å². The van der Waals surface area contributed by atoms with Crippen molar-refractivity contribution in [2.45, 2.75) is 25.8 Å². The van der Waals surface area contributed by atoms with Crippen molar-refractivity contribution in [3.05, 3.63) is 52.3 Å². The Bertz CT molecular complexity index is 783. The second kappa shape index (κ2) is 6.98. The third-order valence-corrected chi connectivity index (χ3v) is 4.65. The van der Waals surface area contributed by atoms with Gasteiger partial charge < -0.3 is 15.2 Å². The van der Waals surface area contributed by atoms with Gasteiger partial charge in [-0.1, -0.05) is 23.7 Å². The van der Waals surface area contributed by atoms with Crippen LogP contribution in [0.5, 0.6) is 0 Å². The van der Waals surface area contributed by atoms with E-state index in [9.17, 15) is 10.1 Å². The van der Waals surface area contributed by atoms with Gasteiger partial charge in [-0.15, -0.1) is 0 Å². The van der Waals surface area contributed by atoms with E-state index < -0.39 is 0 Å². The quantitative estimate of drug-likeness (QED) is 0.928. The van der Waals surface area contributed by atoms with Crippen LogP contribution in [0.4, 0.5) is 5.69 Å². The normalized spacial score (nSPS) is 13.9. The summed E-state index contributed by atoms with van der Waals surface area (Å²) < 4.78 is 1.74. The van der Waals surface area contributed by atoms with Crippen molar-refractivity contribution in [1.29, 1.82) is 5.26 Å². The number of carbonyl (C=O) groups is 1. The molecule has 124 valence electrons. The number of carbonyl (C=O) groups excluding carboxylic acids is 1. The lowest BCUT2D eigenvalue weighted by Gasteiger charge is -2.18. The minimum absolute atomic E-state index is 0.0388. The molecule has 1 aliphatic rings. The predicted molar refractivity (Wildman–Crippen MR) is 93.6 cm³/mol. The maximum Gasteiger partial charge on any atom is 0.242 e. The Kier molecular flexibility index (Phi) is 4.77. The average molecular weight is 343 g/mol. The van der Waals surface area contributed by atoms with E-state index in [2.05, 4.69) is 6.07 Å². The monoisotopic (exact) mass is 342 g/mol. The fourth-order valence-electron chi connectivity index (χ4n) is 3.08. The van der Waals surface area contributed by atoms with Gasteiger partial charge in [-0.25, -0.2) is 0 Å². The molecule has 0 bridgehead atoms. The molecule has 6 heteroatoms. The topological polar surface area (TPSA) is 75.0 Å². The number of likely N-dealkylation sites (tertiary alicyclic amines) is 1. The van der Waals surface area contributed by atoms with Crippen LogP contribution in [0, 0.1) is 11.3 Å². The van der Waals surface area contributed by atoms with E-state index in [-0.39, 0.29) is 12.5 Å². The Balaban J connectivity index is 1.88. The molecule has 0 unspecified atom stereocenters.